The minimum Gasteiger partial charge on any atom is -0.396 e. The molecule has 0 aliphatic carbocycles. The Morgan fingerprint density at radius 2 is 2.45 bits per heavy atom. The summed E-state index contributed by atoms with van der Waals surface area (Å²) in [5.74, 6) is 2.15. The van der Waals surface area contributed by atoms with Crippen molar-refractivity contribution < 1.29 is 5.11 Å². The van der Waals surface area contributed by atoms with Crippen LogP contribution in [0.3, 0.4) is 0 Å². The molecular weight excluding hydrogens is 176 g/mol. The van der Waals surface area contributed by atoms with Crippen LogP contribution in [0.1, 0.15) is 12.0 Å². The van der Waals surface area contributed by atoms with Gasteiger partial charge in [-0.25, -0.2) is 0 Å². The van der Waals surface area contributed by atoms with Gasteiger partial charge in [0.05, 0.1) is 0 Å². The largest absolute Gasteiger partial charge is 0.396 e. The van der Waals surface area contributed by atoms with Crippen molar-refractivity contribution in [2.45, 2.75) is 12.2 Å². The van der Waals surface area contributed by atoms with Gasteiger partial charge in [-0.05, 0) is 34.6 Å². The molecule has 0 spiro atoms. The first-order valence-corrected chi connectivity index (χ1v) is 5.73. The maximum atomic E-state index is 8.51. The average Bonchev–Trinajstić information content (AvgIpc) is 2.50. The van der Waals surface area contributed by atoms with E-state index in [0.29, 0.717) is 6.61 Å². The molecule has 0 bridgehead atoms. The van der Waals surface area contributed by atoms with Crippen LogP contribution < -0.4 is 0 Å². The Hall–Kier alpha value is 0.01000. The highest BCUT2D eigenvalue weighted by Crippen LogP contribution is 2.15. The smallest absolute Gasteiger partial charge is 0.0438 e. The minimum absolute atomic E-state index is 0.316. The predicted octanol–water partition coefficient (Wildman–Crippen LogP) is 2.36. The van der Waals surface area contributed by atoms with Crippen LogP contribution in [0.25, 0.3) is 0 Å². The lowest BCUT2D eigenvalue weighted by molar-refractivity contribution is 0.296. The molecule has 1 rings (SSSR count). The highest BCUT2D eigenvalue weighted by Gasteiger charge is 1.92. The van der Waals surface area contributed by atoms with E-state index in [1.165, 1.54) is 5.56 Å². The first-order chi connectivity index (χ1) is 5.43. The van der Waals surface area contributed by atoms with E-state index < -0.39 is 0 Å². The van der Waals surface area contributed by atoms with Crippen molar-refractivity contribution in [1.82, 2.24) is 0 Å². The highest BCUT2D eigenvalue weighted by molar-refractivity contribution is 7.98. The summed E-state index contributed by atoms with van der Waals surface area (Å²) in [4.78, 5) is 0. The lowest BCUT2D eigenvalue weighted by Gasteiger charge is -1.96. The molecule has 0 saturated carbocycles. The van der Waals surface area contributed by atoms with Crippen LogP contribution in [0.5, 0.6) is 0 Å². The van der Waals surface area contributed by atoms with E-state index >= 15 is 0 Å². The molecule has 11 heavy (non-hydrogen) atoms. The average molecular weight is 188 g/mol. The Morgan fingerprint density at radius 3 is 3.09 bits per heavy atom. The van der Waals surface area contributed by atoms with Gasteiger partial charge in [-0.1, -0.05) is 0 Å². The molecule has 1 aromatic heterocycles. The number of hydrogen-bond donors (Lipinski definition) is 1. The molecule has 0 aliphatic rings. The highest BCUT2D eigenvalue weighted by atomic mass is 32.2. The second kappa shape index (κ2) is 5.63. The number of thiophene rings is 1. The zero-order valence-corrected chi connectivity index (χ0v) is 7.96. The van der Waals surface area contributed by atoms with Crippen molar-refractivity contribution in [2.75, 3.05) is 12.4 Å². The summed E-state index contributed by atoms with van der Waals surface area (Å²) in [5, 5.41) is 12.8. The molecule has 0 aliphatic heterocycles. The van der Waals surface area contributed by atoms with Crippen molar-refractivity contribution >= 4 is 23.1 Å². The molecule has 0 fully saturated rings. The van der Waals surface area contributed by atoms with Gasteiger partial charge in [0.1, 0.15) is 0 Å². The fraction of sp³-hybridized carbons (Fsp3) is 0.500. The molecule has 3 heteroatoms. The molecule has 1 nitrogen and oxygen atoms in total. The summed E-state index contributed by atoms with van der Waals surface area (Å²) >= 11 is 3.62. The fourth-order valence-electron chi connectivity index (χ4n) is 0.731. The first kappa shape index (κ1) is 9.10. The van der Waals surface area contributed by atoms with Gasteiger partial charge in [-0.15, -0.1) is 0 Å². The third kappa shape index (κ3) is 3.79. The molecule has 0 aromatic carbocycles. The van der Waals surface area contributed by atoms with E-state index in [4.69, 9.17) is 5.11 Å². The number of thioether (sulfide) groups is 1. The predicted molar refractivity (Wildman–Crippen MR) is 52.2 cm³/mol. The van der Waals surface area contributed by atoms with E-state index in [2.05, 4.69) is 16.8 Å². The van der Waals surface area contributed by atoms with Gasteiger partial charge in [-0.2, -0.15) is 23.1 Å². The molecular formula is C8H12OS2. The lowest BCUT2D eigenvalue weighted by atomic mass is 10.4. The van der Waals surface area contributed by atoms with E-state index in [0.717, 1.165) is 17.9 Å². The van der Waals surface area contributed by atoms with Crippen molar-refractivity contribution in [3.8, 4) is 0 Å². The summed E-state index contributed by atoms with van der Waals surface area (Å²) in [7, 11) is 0. The molecule has 1 heterocycles. The van der Waals surface area contributed by atoms with Crippen molar-refractivity contribution in [3.05, 3.63) is 22.4 Å². The van der Waals surface area contributed by atoms with Gasteiger partial charge in [0.2, 0.25) is 0 Å². The molecule has 1 aromatic rings. The summed E-state index contributed by atoms with van der Waals surface area (Å²) in [6.45, 7) is 0.316. The van der Waals surface area contributed by atoms with Crippen LogP contribution in [-0.4, -0.2) is 17.5 Å². The number of rotatable bonds is 5. The van der Waals surface area contributed by atoms with Gasteiger partial charge < -0.3 is 5.11 Å². The van der Waals surface area contributed by atoms with E-state index in [1.54, 1.807) is 11.3 Å². The monoisotopic (exact) mass is 188 g/mol. The molecule has 62 valence electrons. The topological polar surface area (TPSA) is 20.2 Å². The SMILES string of the molecule is OCCCSCc1ccsc1. The normalized spacial score (nSPS) is 10.3. The Bertz CT molecular complexity index is 172. The van der Waals surface area contributed by atoms with Crippen LogP contribution in [0, 0.1) is 0 Å². The molecule has 0 unspecified atom stereocenters. The Morgan fingerprint density at radius 1 is 1.55 bits per heavy atom. The van der Waals surface area contributed by atoms with E-state index in [1.807, 2.05) is 11.8 Å². The molecule has 0 amide bonds. The molecule has 0 atom stereocenters. The van der Waals surface area contributed by atoms with Gasteiger partial charge in [0.25, 0.3) is 0 Å². The standard InChI is InChI=1S/C8H12OS2/c9-3-1-4-10-6-8-2-5-11-7-8/h2,5,7,9H,1,3-4,6H2. The second-order valence-electron chi connectivity index (χ2n) is 2.26. The zero-order chi connectivity index (χ0) is 7.94. The van der Waals surface area contributed by atoms with Gasteiger partial charge in [-0.3, -0.25) is 0 Å². The fourth-order valence-corrected chi connectivity index (χ4v) is 2.40. The lowest BCUT2D eigenvalue weighted by Crippen LogP contribution is -1.85. The Kier molecular flexibility index (Phi) is 4.66. The Balaban J connectivity index is 2.04. The van der Waals surface area contributed by atoms with Crippen LogP contribution >= 0.6 is 23.1 Å². The van der Waals surface area contributed by atoms with Crippen LogP contribution in [0.4, 0.5) is 0 Å². The van der Waals surface area contributed by atoms with Crippen molar-refractivity contribution in [2.24, 2.45) is 0 Å². The molecule has 0 saturated heterocycles. The minimum atomic E-state index is 0.316. The van der Waals surface area contributed by atoms with Gasteiger partial charge in [0, 0.05) is 12.4 Å². The van der Waals surface area contributed by atoms with Crippen LogP contribution in [0.2, 0.25) is 0 Å². The summed E-state index contributed by atoms with van der Waals surface area (Å²) < 4.78 is 0. The Labute approximate surface area is 75.4 Å². The van der Waals surface area contributed by atoms with Crippen molar-refractivity contribution in [3.63, 3.8) is 0 Å². The van der Waals surface area contributed by atoms with Crippen LogP contribution in [-0.2, 0) is 5.75 Å². The van der Waals surface area contributed by atoms with Crippen molar-refractivity contribution in [1.29, 1.82) is 0 Å². The van der Waals surface area contributed by atoms with Gasteiger partial charge in [0.15, 0.2) is 0 Å². The molecule has 0 radical (unpaired) electrons. The summed E-state index contributed by atoms with van der Waals surface area (Å²) in [6.07, 6.45) is 0.912. The zero-order valence-electron chi connectivity index (χ0n) is 6.32. The summed E-state index contributed by atoms with van der Waals surface area (Å²) in [6, 6.07) is 2.15. The maximum absolute atomic E-state index is 8.51. The third-order valence-corrected chi connectivity index (χ3v) is 3.14. The first-order valence-electron chi connectivity index (χ1n) is 3.63. The van der Waals surface area contributed by atoms with Crippen LogP contribution in [0.15, 0.2) is 16.8 Å². The molecule has 1 N–H and O–H groups in total. The maximum Gasteiger partial charge on any atom is 0.0438 e. The van der Waals surface area contributed by atoms with Gasteiger partial charge >= 0.3 is 0 Å². The number of hydrogen-bond acceptors (Lipinski definition) is 3. The third-order valence-electron chi connectivity index (χ3n) is 1.30. The summed E-state index contributed by atoms with van der Waals surface area (Å²) in [5.41, 5.74) is 1.40. The second-order valence-corrected chi connectivity index (χ2v) is 4.15. The number of aliphatic hydroxyl groups excluding tert-OH is 1. The quantitative estimate of drug-likeness (QED) is 0.716. The van der Waals surface area contributed by atoms with E-state index in [9.17, 15) is 0 Å². The number of aliphatic hydroxyl groups is 1. The van der Waals surface area contributed by atoms with E-state index in [-0.39, 0.29) is 0 Å².